The first-order chi connectivity index (χ1) is 21.6. The molecular weight excluding hydrogens is 639 g/mol. The number of piperidine rings is 1. The summed E-state index contributed by atoms with van der Waals surface area (Å²) in [4.78, 5) is 30.0. The highest BCUT2D eigenvalue weighted by molar-refractivity contribution is 6.76. The summed E-state index contributed by atoms with van der Waals surface area (Å²) in [7, 11) is 0. The maximum atomic E-state index is 13.1. The predicted molar refractivity (Wildman–Crippen MR) is 174 cm³/mol. The Morgan fingerprint density at radius 3 is 2.40 bits per heavy atom. The molecule has 3 N–H and O–H groups in total. The third kappa shape index (κ3) is 7.10. The van der Waals surface area contributed by atoms with Crippen molar-refractivity contribution in [1.29, 1.82) is 0 Å². The molecule has 3 unspecified atom stereocenters. The number of rotatable bonds is 7. The van der Waals surface area contributed by atoms with Crippen LogP contribution in [0.2, 0.25) is 0 Å². The molecule has 3 heterocycles. The number of likely N-dealkylation sites (tertiary alicyclic amines) is 1. The Hall–Kier alpha value is -2.89. The number of amides is 2. The van der Waals surface area contributed by atoms with Crippen LogP contribution in [0, 0.1) is 0 Å². The van der Waals surface area contributed by atoms with Crippen LogP contribution in [0.15, 0.2) is 78.9 Å². The fraction of sp³-hybridized carbons (Fsp3) is 0.394. The number of carbonyl (C=O) groups excluding carboxylic acids is 2. The highest BCUT2D eigenvalue weighted by Crippen LogP contribution is 2.40. The van der Waals surface area contributed by atoms with Gasteiger partial charge in [-0.1, -0.05) is 89.4 Å². The van der Waals surface area contributed by atoms with E-state index in [-0.39, 0.29) is 24.7 Å². The molecule has 0 radical (unpaired) electrons. The van der Waals surface area contributed by atoms with Crippen molar-refractivity contribution < 1.29 is 24.2 Å². The van der Waals surface area contributed by atoms with Crippen LogP contribution in [0.4, 0.5) is 11.4 Å². The van der Waals surface area contributed by atoms with Crippen LogP contribution >= 0.6 is 34.8 Å². The lowest BCUT2D eigenvalue weighted by atomic mass is 9.85. The maximum Gasteiger partial charge on any atom is 0.276 e. The minimum absolute atomic E-state index is 0.0386. The van der Waals surface area contributed by atoms with Crippen molar-refractivity contribution in [2.24, 2.45) is 0 Å². The van der Waals surface area contributed by atoms with Gasteiger partial charge in [0.2, 0.25) is 5.91 Å². The van der Waals surface area contributed by atoms with E-state index >= 15 is 0 Å². The second-order valence-electron chi connectivity index (χ2n) is 11.7. The Morgan fingerprint density at radius 1 is 0.978 bits per heavy atom. The van der Waals surface area contributed by atoms with Crippen molar-refractivity contribution in [3.8, 4) is 0 Å². The standard InChI is InChI=1S/C33H35Cl3N4O5/c34-33(35,36)31(43)38-25-6-4-5-24(17-25)29-44-27(18-28(45-29)23-11-9-22(20-41)10-12-23)19-39-15-13-32(14-16-39)30(42)37-21-40(32)26-7-2-1-3-8-26/h1-12,17,27-29,41H,13-16,18-21H2,(H,37,42)(H,38,43). The lowest BCUT2D eigenvalue weighted by Crippen LogP contribution is -2.57. The number of hydrogen-bond acceptors (Lipinski definition) is 7. The Bertz CT molecular complexity index is 1500. The predicted octanol–water partition coefficient (Wildman–Crippen LogP) is 5.46. The number of nitrogens with one attached hydrogen (secondary N) is 2. The van der Waals surface area contributed by atoms with Crippen molar-refractivity contribution in [2.45, 2.75) is 53.7 Å². The molecule has 0 saturated carbocycles. The van der Waals surface area contributed by atoms with Gasteiger partial charge in [-0.3, -0.25) is 9.59 Å². The SMILES string of the molecule is O=C(Nc1cccc(C2OC(CN3CCC4(CC3)C(=O)NCN4c3ccccc3)CC(c3ccc(CO)cc3)O2)c1)C(Cl)(Cl)Cl. The number of ether oxygens (including phenoxy) is 2. The van der Waals surface area contributed by atoms with Crippen LogP contribution in [-0.2, 0) is 25.7 Å². The third-order valence-electron chi connectivity index (χ3n) is 8.84. The van der Waals surface area contributed by atoms with Gasteiger partial charge < -0.3 is 35.0 Å². The molecule has 9 nitrogen and oxygen atoms in total. The van der Waals surface area contributed by atoms with Crippen LogP contribution in [0.5, 0.6) is 0 Å². The van der Waals surface area contributed by atoms with Crippen molar-refractivity contribution in [1.82, 2.24) is 10.2 Å². The van der Waals surface area contributed by atoms with E-state index in [0.717, 1.165) is 29.9 Å². The van der Waals surface area contributed by atoms with E-state index in [1.165, 1.54) is 0 Å². The summed E-state index contributed by atoms with van der Waals surface area (Å²) < 4.78 is 10.9. The van der Waals surface area contributed by atoms with Gasteiger partial charge in [-0.15, -0.1) is 0 Å². The molecule has 2 amide bonds. The Balaban J connectivity index is 1.18. The van der Waals surface area contributed by atoms with Crippen LogP contribution in [0.3, 0.4) is 0 Å². The second kappa shape index (κ2) is 13.5. The molecule has 0 aliphatic carbocycles. The van der Waals surface area contributed by atoms with Crippen molar-refractivity contribution >= 4 is 58.0 Å². The van der Waals surface area contributed by atoms with E-state index in [4.69, 9.17) is 44.3 Å². The highest BCUT2D eigenvalue weighted by atomic mass is 35.6. The number of hydrogen-bond donors (Lipinski definition) is 3. The molecule has 3 fully saturated rings. The molecule has 45 heavy (non-hydrogen) atoms. The minimum atomic E-state index is -2.10. The first kappa shape index (κ1) is 32.1. The second-order valence-corrected chi connectivity index (χ2v) is 14.0. The molecule has 3 aromatic carbocycles. The monoisotopic (exact) mass is 672 g/mol. The largest absolute Gasteiger partial charge is 0.392 e. The van der Waals surface area contributed by atoms with E-state index < -0.39 is 21.5 Å². The summed E-state index contributed by atoms with van der Waals surface area (Å²) in [6.45, 7) is 2.62. The number of carbonyl (C=O) groups is 2. The summed E-state index contributed by atoms with van der Waals surface area (Å²) in [6.07, 6.45) is 0.862. The van der Waals surface area contributed by atoms with Crippen LogP contribution < -0.4 is 15.5 Å². The fourth-order valence-corrected chi connectivity index (χ4v) is 6.57. The van der Waals surface area contributed by atoms with E-state index in [1.54, 1.807) is 18.2 Å². The van der Waals surface area contributed by atoms with Crippen molar-refractivity contribution in [3.63, 3.8) is 0 Å². The molecule has 3 atom stereocenters. The smallest absolute Gasteiger partial charge is 0.276 e. The van der Waals surface area contributed by atoms with Gasteiger partial charge in [-0.2, -0.15) is 0 Å². The van der Waals surface area contributed by atoms with Crippen LogP contribution in [-0.4, -0.2) is 63.6 Å². The molecule has 0 bridgehead atoms. The highest BCUT2D eigenvalue weighted by Gasteiger charge is 2.50. The van der Waals surface area contributed by atoms with Gasteiger partial charge in [0, 0.05) is 43.0 Å². The first-order valence-electron chi connectivity index (χ1n) is 15.0. The van der Waals surface area contributed by atoms with Gasteiger partial charge in [0.25, 0.3) is 9.70 Å². The maximum absolute atomic E-state index is 13.1. The normalized spacial score (nSPS) is 23.6. The molecule has 238 valence electrons. The Morgan fingerprint density at radius 2 is 1.71 bits per heavy atom. The lowest BCUT2D eigenvalue weighted by Gasteiger charge is -2.45. The number of alkyl halides is 3. The summed E-state index contributed by atoms with van der Waals surface area (Å²) in [5.74, 6) is -0.680. The zero-order valence-corrected chi connectivity index (χ0v) is 26.8. The molecule has 3 aliphatic heterocycles. The number of aliphatic hydroxyl groups is 1. The van der Waals surface area contributed by atoms with Crippen molar-refractivity contribution in [3.05, 3.63) is 95.6 Å². The summed E-state index contributed by atoms with van der Waals surface area (Å²) in [5, 5.41) is 15.2. The number of nitrogens with zero attached hydrogens (tertiary/aromatic N) is 2. The fourth-order valence-electron chi connectivity index (χ4n) is 6.42. The molecule has 12 heteroatoms. The average Bonchev–Trinajstić information content (AvgIpc) is 3.36. The summed E-state index contributed by atoms with van der Waals surface area (Å²) in [6, 6.07) is 24.9. The molecule has 0 aromatic heterocycles. The van der Waals surface area contributed by atoms with Crippen molar-refractivity contribution in [2.75, 3.05) is 36.5 Å². The van der Waals surface area contributed by atoms with Gasteiger partial charge in [0.1, 0.15) is 5.54 Å². The quantitative estimate of drug-likeness (QED) is 0.286. The first-order valence-corrected chi connectivity index (χ1v) is 16.1. The number of benzene rings is 3. The molecule has 6 rings (SSSR count). The zero-order valence-electron chi connectivity index (χ0n) is 24.5. The number of aliphatic hydroxyl groups excluding tert-OH is 1. The minimum Gasteiger partial charge on any atom is -0.392 e. The van der Waals surface area contributed by atoms with Crippen LogP contribution in [0.25, 0.3) is 0 Å². The van der Waals surface area contributed by atoms with Gasteiger partial charge in [-0.05, 0) is 48.2 Å². The lowest BCUT2D eigenvalue weighted by molar-refractivity contribution is -0.253. The molecule has 1 spiro atoms. The third-order valence-corrected chi connectivity index (χ3v) is 9.35. The summed E-state index contributed by atoms with van der Waals surface area (Å²) in [5.41, 5.74) is 3.43. The van der Waals surface area contributed by atoms with Gasteiger partial charge in [0.05, 0.1) is 25.5 Å². The van der Waals surface area contributed by atoms with E-state index in [2.05, 4.69) is 32.6 Å². The van der Waals surface area contributed by atoms with E-state index in [1.807, 2.05) is 48.5 Å². The Kier molecular flexibility index (Phi) is 9.59. The average molecular weight is 674 g/mol. The zero-order chi connectivity index (χ0) is 31.6. The molecule has 3 aliphatic rings. The van der Waals surface area contributed by atoms with E-state index in [0.29, 0.717) is 43.7 Å². The Labute approximate surface area is 277 Å². The number of para-hydroxylation sites is 1. The molecule has 3 saturated heterocycles. The number of halogens is 3. The summed E-state index contributed by atoms with van der Waals surface area (Å²) >= 11 is 17.3. The molecule has 3 aromatic rings. The van der Waals surface area contributed by atoms with Gasteiger partial charge in [-0.25, -0.2) is 0 Å². The number of anilines is 2. The topological polar surface area (TPSA) is 103 Å². The van der Waals surface area contributed by atoms with Gasteiger partial charge >= 0.3 is 0 Å². The van der Waals surface area contributed by atoms with Crippen LogP contribution in [0.1, 0.15) is 48.3 Å². The van der Waals surface area contributed by atoms with E-state index in [9.17, 15) is 14.7 Å². The van der Waals surface area contributed by atoms with Gasteiger partial charge in [0.15, 0.2) is 6.29 Å². The molecular formula is C33H35Cl3N4O5.